The Morgan fingerprint density at radius 2 is 2.02 bits per heavy atom. The lowest BCUT2D eigenvalue weighted by molar-refractivity contribution is -0.172. The lowest BCUT2D eigenvalue weighted by atomic mass is 9.86. The number of esters is 1. The van der Waals surface area contributed by atoms with E-state index in [0.29, 0.717) is 42.1 Å². The summed E-state index contributed by atoms with van der Waals surface area (Å²) >= 11 is 0. The second-order valence-electron chi connectivity index (χ2n) is 11.3. The summed E-state index contributed by atoms with van der Waals surface area (Å²) in [7, 11) is 1.67. The SMILES string of the molecule is CCC1(O)C(=O)OCc2c1cc1n(c2=O)Cc2cc3c(CNCCN(C)C(=O)OC(C)(C)C)c(O)ccc3nc2-1. The van der Waals surface area contributed by atoms with E-state index in [4.69, 9.17) is 14.5 Å². The molecule has 5 rings (SSSR count). The smallest absolute Gasteiger partial charge is 0.410 e. The molecule has 11 nitrogen and oxygen atoms in total. The summed E-state index contributed by atoms with van der Waals surface area (Å²) in [5.41, 5.74) is 0.931. The molecule has 0 spiro atoms. The summed E-state index contributed by atoms with van der Waals surface area (Å²) < 4.78 is 12.1. The fourth-order valence-electron chi connectivity index (χ4n) is 5.18. The first-order valence-electron chi connectivity index (χ1n) is 13.3. The zero-order chi connectivity index (χ0) is 29.0. The lowest BCUT2D eigenvalue weighted by Gasteiger charge is -2.31. The number of phenols is 1. The first kappa shape index (κ1) is 27.6. The van der Waals surface area contributed by atoms with E-state index in [1.54, 1.807) is 36.7 Å². The minimum Gasteiger partial charge on any atom is -0.508 e. The number of aliphatic hydroxyl groups is 1. The topological polar surface area (TPSA) is 143 Å². The average Bonchev–Trinajstić information content (AvgIpc) is 3.25. The molecule has 0 aliphatic carbocycles. The molecule has 2 aromatic heterocycles. The molecule has 0 bridgehead atoms. The second kappa shape index (κ2) is 9.90. The standard InChI is InChI=1S/C29H34N4O7/c1-6-29(38)20-12-22-24-16(14-33(22)25(35)19(20)15-39-26(29)36)11-17-18(23(34)8-7-21(17)31-24)13-30-9-10-32(5)27(37)40-28(2,3)4/h7-8,11-12,30,34,38H,6,9-10,13-15H2,1-5H3. The fraction of sp³-hybridized carbons (Fsp3) is 0.448. The number of rotatable bonds is 6. The Labute approximate surface area is 231 Å². The Bertz CT molecular complexity index is 1590. The molecule has 4 heterocycles. The fourth-order valence-corrected chi connectivity index (χ4v) is 5.18. The molecule has 0 saturated carbocycles. The van der Waals surface area contributed by atoms with E-state index < -0.39 is 23.3 Å². The van der Waals surface area contributed by atoms with Crippen molar-refractivity contribution in [2.24, 2.45) is 0 Å². The van der Waals surface area contributed by atoms with Gasteiger partial charge >= 0.3 is 12.1 Å². The van der Waals surface area contributed by atoms with Crippen molar-refractivity contribution < 1.29 is 29.3 Å². The van der Waals surface area contributed by atoms with Gasteiger partial charge in [-0.2, -0.15) is 0 Å². The molecule has 3 N–H and O–H groups in total. The Hall–Kier alpha value is -3.96. The Kier molecular flexibility index (Phi) is 6.83. The number of amides is 1. The highest BCUT2D eigenvalue weighted by Gasteiger charge is 2.45. The number of benzene rings is 1. The third kappa shape index (κ3) is 4.69. The van der Waals surface area contributed by atoms with Gasteiger partial charge in [-0.15, -0.1) is 0 Å². The number of likely N-dealkylation sites (N-methyl/N-ethyl adjacent to an activating group) is 1. The highest BCUT2D eigenvalue weighted by molar-refractivity contribution is 5.89. The summed E-state index contributed by atoms with van der Waals surface area (Å²) in [5, 5.41) is 25.7. The van der Waals surface area contributed by atoms with Crippen LogP contribution in [0.5, 0.6) is 5.75 Å². The zero-order valence-electron chi connectivity index (χ0n) is 23.3. The number of hydrogen-bond donors (Lipinski definition) is 3. The number of aromatic hydroxyl groups is 1. The van der Waals surface area contributed by atoms with E-state index in [-0.39, 0.29) is 42.0 Å². The molecule has 212 valence electrons. The molecule has 2 aliphatic rings. The number of ether oxygens (including phenoxy) is 2. The van der Waals surface area contributed by atoms with Gasteiger partial charge in [-0.3, -0.25) is 4.79 Å². The maximum atomic E-state index is 13.4. The minimum atomic E-state index is -1.88. The predicted octanol–water partition coefficient (Wildman–Crippen LogP) is 2.74. The number of phenolic OH excluding ortho intramolecular Hbond substituents is 1. The van der Waals surface area contributed by atoms with E-state index in [1.165, 1.54) is 4.90 Å². The van der Waals surface area contributed by atoms with Gasteiger partial charge < -0.3 is 34.5 Å². The van der Waals surface area contributed by atoms with Gasteiger partial charge in [0.15, 0.2) is 5.60 Å². The normalized spacial score (nSPS) is 17.7. The van der Waals surface area contributed by atoms with Gasteiger partial charge in [0, 0.05) is 48.8 Å². The van der Waals surface area contributed by atoms with Gasteiger partial charge in [0.1, 0.15) is 18.0 Å². The van der Waals surface area contributed by atoms with Crippen LogP contribution < -0.4 is 10.9 Å². The summed E-state index contributed by atoms with van der Waals surface area (Å²) in [6.07, 6.45) is -0.338. The summed E-state index contributed by atoms with van der Waals surface area (Å²) in [5.74, 6) is -0.657. The van der Waals surface area contributed by atoms with Gasteiger partial charge in [-0.1, -0.05) is 6.92 Å². The molecule has 1 unspecified atom stereocenters. The first-order valence-corrected chi connectivity index (χ1v) is 13.3. The van der Waals surface area contributed by atoms with Crippen LogP contribution in [0.15, 0.2) is 29.1 Å². The number of carbonyl (C=O) groups excluding carboxylic acids is 2. The number of cyclic esters (lactones) is 1. The average molecular weight is 551 g/mol. The van der Waals surface area contributed by atoms with Crippen molar-refractivity contribution in [1.29, 1.82) is 0 Å². The molecule has 1 aromatic carbocycles. The predicted molar refractivity (Wildman–Crippen MR) is 147 cm³/mol. The zero-order valence-corrected chi connectivity index (χ0v) is 23.3. The number of nitrogens with one attached hydrogen (secondary N) is 1. The van der Waals surface area contributed by atoms with Crippen LogP contribution in [-0.4, -0.2) is 62.5 Å². The molecule has 2 aliphatic heterocycles. The number of fused-ring (bicyclic) bond motifs is 5. The molecule has 1 amide bonds. The van der Waals surface area contributed by atoms with Gasteiger partial charge in [-0.05, 0) is 51.5 Å². The minimum absolute atomic E-state index is 0.0724. The Balaban J connectivity index is 1.42. The maximum absolute atomic E-state index is 13.4. The lowest BCUT2D eigenvalue weighted by Crippen LogP contribution is -2.44. The molecule has 40 heavy (non-hydrogen) atoms. The van der Waals surface area contributed by atoms with Gasteiger partial charge in [0.25, 0.3) is 5.56 Å². The van der Waals surface area contributed by atoms with Crippen LogP contribution >= 0.6 is 0 Å². The largest absolute Gasteiger partial charge is 0.508 e. The van der Waals surface area contributed by atoms with Crippen molar-refractivity contribution in [1.82, 2.24) is 19.8 Å². The first-order chi connectivity index (χ1) is 18.8. The molecular formula is C29H34N4O7. The van der Waals surface area contributed by atoms with Gasteiger partial charge in [-0.25, -0.2) is 14.6 Å². The number of aromatic nitrogens is 2. The molecule has 1 atom stereocenters. The third-order valence-electron chi connectivity index (χ3n) is 7.41. The van der Waals surface area contributed by atoms with Crippen molar-refractivity contribution in [2.45, 2.75) is 65.0 Å². The quantitative estimate of drug-likeness (QED) is 0.244. The summed E-state index contributed by atoms with van der Waals surface area (Å²) in [4.78, 5) is 44.3. The highest BCUT2D eigenvalue weighted by atomic mass is 16.6. The third-order valence-corrected chi connectivity index (χ3v) is 7.41. The van der Waals surface area contributed by atoms with Crippen LogP contribution in [0, 0.1) is 0 Å². The summed E-state index contributed by atoms with van der Waals surface area (Å²) in [6, 6.07) is 6.88. The number of carbonyl (C=O) groups is 2. The van der Waals surface area contributed by atoms with E-state index >= 15 is 0 Å². The van der Waals surface area contributed by atoms with Crippen molar-refractivity contribution in [3.8, 4) is 17.1 Å². The molecule has 0 fully saturated rings. The number of hydrogen-bond acceptors (Lipinski definition) is 9. The number of pyridine rings is 2. The molecule has 0 saturated heterocycles. The van der Waals surface area contributed by atoms with Crippen molar-refractivity contribution in [2.75, 3.05) is 20.1 Å². The van der Waals surface area contributed by atoms with Crippen LogP contribution in [0.1, 0.15) is 56.4 Å². The van der Waals surface area contributed by atoms with Crippen LogP contribution in [0.2, 0.25) is 0 Å². The highest BCUT2D eigenvalue weighted by Crippen LogP contribution is 2.39. The van der Waals surface area contributed by atoms with E-state index in [2.05, 4.69) is 5.32 Å². The van der Waals surface area contributed by atoms with Crippen LogP contribution in [0.3, 0.4) is 0 Å². The van der Waals surface area contributed by atoms with E-state index in [1.807, 2.05) is 26.8 Å². The van der Waals surface area contributed by atoms with Crippen LogP contribution in [-0.2, 0) is 39.6 Å². The van der Waals surface area contributed by atoms with Crippen LogP contribution in [0.4, 0.5) is 4.79 Å². The molecular weight excluding hydrogens is 516 g/mol. The molecule has 3 aromatic rings. The van der Waals surface area contributed by atoms with Crippen molar-refractivity contribution in [3.05, 3.63) is 56.9 Å². The van der Waals surface area contributed by atoms with E-state index in [0.717, 1.165) is 10.9 Å². The van der Waals surface area contributed by atoms with Crippen molar-refractivity contribution >= 4 is 23.0 Å². The Morgan fingerprint density at radius 1 is 1.27 bits per heavy atom. The monoisotopic (exact) mass is 550 g/mol. The maximum Gasteiger partial charge on any atom is 0.410 e. The Morgan fingerprint density at radius 3 is 2.73 bits per heavy atom. The molecule has 0 radical (unpaired) electrons. The summed E-state index contributed by atoms with van der Waals surface area (Å²) in [6.45, 7) is 8.40. The number of nitrogens with zero attached hydrogens (tertiary/aromatic N) is 3. The van der Waals surface area contributed by atoms with E-state index in [9.17, 15) is 24.6 Å². The molecule has 11 heteroatoms. The van der Waals surface area contributed by atoms with Gasteiger partial charge in [0.05, 0.1) is 29.0 Å². The second-order valence-corrected chi connectivity index (χ2v) is 11.3. The van der Waals surface area contributed by atoms with Gasteiger partial charge in [0.2, 0.25) is 0 Å². The van der Waals surface area contributed by atoms with Crippen LogP contribution in [0.25, 0.3) is 22.3 Å². The van der Waals surface area contributed by atoms with Crippen molar-refractivity contribution in [3.63, 3.8) is 0 Å².